The van der Waals surface area contributed by atoms with Gasteiger partial charge in [-0.15, -0.1) is 4.72 Å². The summed E-state index contributed by atoms with van der Waals surface area (Å²) in [6.45, 7) is 6.46. The molecule has 0 spiro atoms. The van der Waals surface area contributed by atoms with E-state index in [1.807, 2.05) is 0 Å². The van der Waals surface area contributed by atoms with Gasteiger partial charge in [0.2, 0.25) is 5.92 Å². The Kier molecular flexibility index (Phi) is 9.76. The van der Waals surface area contributed by atoms with Gasteiger partial charge in [0.15, 0.2) is 5.65 Å². The number of methoxy groups -OCH3 is 1. The van der Waals surface area contributed by atoms with Crippen LogP contribution in [0.2, 0.25) is 0 Å². The minimum absolute atomic E-state index is 0.0745. The quantitative estimate of drug-likeness (QED) is 0.239. The molecule has 2 aromatic rings. The van der Waals surface area contributed by atoms with Gasteiger partial charge in [0, 0.05) is 29.5 Å². The van der Waals surface area contributed by atoms with Crippen molar-refractivity contribution < 1.29 is 41.5 Å². The lowest BCUT2D eigenvalue weighted by molar-refractivity contribution is -0.148. The van der Waals surface area contributed by atoms with E-state index in [0.717, 1.165) is 4.90 Å². The van der Waals surface area contributed by atoms with Crippen molar-refractivity contribution in [2.24, 2.45) is 11.3 Å². The molecule has 1 unspecified atom stereocenters. The molecule has 2 amide bonds. The molecular formula is C26H38F4N6O5S. The van der Waals surface area contributed by atoms with E-state index in [0.29, 0.717) is 12.5 Å². The number of halogens is 4. The first-order chi connectivity index (χ1) is 19.2. The molecule has 1 fully saturated rings. The number of aliphatic carboxylic acids is 1. The van der Waals surface area contributed by atoms with E-state index in [-0.39, 0.29) is 17.9 Å². The van der Waals surface area contributed by atoms with Gasteiger partial charge in [0.05, 0.1) is 49.7 Å². The number of fused-ring (bicyclic) bond motifs is 1. The minimum Gasteiger partial charge on any atom is -0.598 e. The average molecular weight is 623 g/mol. The van der Waals surface area contributed by atoms with Crippen molar-refractivity contribution in [2.75, 3.05) is 26.8 Å². The monoisotopic (exact) mass is 622 g/mol. The highest BCUT2D eigenvalue weighted by atomic mass is 32.2. The zero-order chi connectivity index (χ0) is 31.8. The Hall–Kier alpha value is -2.69. The molecule has 16 heteroatoms. The highest BCUT2D eigenvalue weighted by Crippen LogP contribution is 2.44. The van der Waals surface area contributed by atoms with E-state index in [1.165, 1.54) is 43.9 Å². The van der Waals surface area contributed by atoms with Gasteiger partial charge in [0.1, 0.15) is 10.8 Å². The van der Waals surface area contributed by atoms with Crippen LogP contribution >= 0.6 is 0 Å². The molecule has 4 atom stereocenters. The molecule has 0 radical (unpaired) electrons. The smallest absolute Gasteiger partial charge is 0.318 e. The van der Waals surface area contributed by atoms with Crippen molar-refractivity contribution in [3.05, 3.63) is 29.7 Å². The number of nitrogens with one attached hydrogen (secondary N) is 2. The van der Waals surface area contributed by atoms with Crippen LogP contribution in [0, 0.1) is 11.3 Å². The van der Waals surface area contributed by atoms with Crippen LogP contribution in [0.25, 0.3) is 5.65 Å². The summed E-state index contributed by atoms with van der Waals surface area (Å²) in [7, 11) is 1.35. The predicted octanol–water partition coefficient (Wildman–Crippen LogP) is 3.94. The first-order valence-corrected chi connectivity index (χ1v) is 14.4. The number of imidazole rings is 1. The molecule has 1 aliphatic rings. The Bertz CT molecular complexity index is 1280. The third-order valence-electron chi connectivity index (χ3n) is 7.35. The standard InChI is InChI=1S/C26H38F4N6O5S/c1-23(2,3)42(40)34-20(16(21(37)38)9-24(4,5)25(6,27)28)17-11-36-19(33-17)8-15(10-32-36)18(12-41-7)35-14-26(29,30)13-31-22(35)39/h8,10-11,16,18,20,34H,9,12-14H2,1-7H3,(H,31,39)(H,37,38)/t16?,18-,20+,42+/m1/s1. The number of amides is 2. The number of carboxylic acids is 1. The second-order valence-electron chi connectivity index (χ2n) is 12.3. The highest BCUT2D eigenvalue weighted by molar-refractivity contribution is 7.90. The molecule has 1 saturated heterocycles. The van der Waals surface area contributed by atoms with Gasteiger partial charge in [-0.3, -0.25) is 4.79 Å². The molecule has 3 N–H and O–H groups in total. The summed E-state index contributed by atoms with van der Waals surface area (Å²) in [5.41, 5.74) is -1.19. The number of ether oxygens (including phenoxy) is 1. The maximum atomic E-state index is 14.4. The largest absolute Gasteiger partial charge is 0.598 e. The molecule has 42 heavy (non-hydrogen) atoms. The number of carbonyl (C=O) groups excluding carboxylic acids is 1. The van der Waals surface area contributed by atoms with Gasteiger partial charge >= 0.3 is 12.0 Å². The molecule has 0 aromatic carbocycles. The normalized spacial score (nSPS) is 19.3. The first-order valence-electron chi connectivity index (χ1n) is 13.2. The Morgan fingerprint density at radius 1 is 1.29 bits per heavy atom. The van der Waals surface area contributed by atoms with Gasteiger partial charge in [0.25, 0.3) is 5.92 Å². The fourth-order valence-electron chi connectivity index (χ4n) is 4.42. The van der Waals surface area contributed by atoms with Crippen molar-refractivity contribution in [3.63, 3.8) is 0 Å². The Labute approximate surface area is 244 Å². The fraction of sp³-hybridized carbons (Fsp3) is 0.692. The Morgan fingerprint density at radius 3 is 2.48 bits per heavy atom. The number of hydrogen-bond donors (Lipinski definition) is 3. The fourth-order valence-corrected chi connectivity index (χ4v) is 5.29. The van der Waals surface area contributed by atoms with Crippen molar-refractivity contribution >= 4 is 29.0 Å². The van der Waals surface area contributed by atoms with E-state index < -0.39 is 82.9 Å². The summed E-state index contributed by atoms with van der Waals surface area (Å²) in [4.78, 5) is 30.4. The number of hydrogen-bond acceptors (Lipinski definition) is 7. The second kappa shape index (κ2) is 12.1. The Balaban J connectivity index is 2.08. The summed E-state index contributed by atoms with van der Waals surface area (Å²) in [6, 6.07) is -1.45. The van der Waals surface area contributed by atoms with Crippen LogP contribution in [0.5, 0.6) is 0 Å². The maximum absolute atomic E-state index is 14.4. The second-order valence-corrected chi connectivity index (χ2v) is 14.3. The number of carbonyl (C=O) groups is 2. The van der Waals surface area contributed by atoms with Crippen molar-refractivity contribution in [1.29, 1.82) is 0 Å². The van der Waals surface area contributed by atoms with E-state index >= 15 is 0 Å². The van der Waals surface area contributed by atoms with E-state index in [1.54, 1.807) is 20.8 Å². The van der Waals surface area contributed by atoms with Crippen molar-refractivity contribution in [1.82, 2.24) is 29.5 Å². The van der Waals surface area contributed by atoms with Crippen LogP contribution in [0.4, 0.5) is 22.4 Å². The first kappa shape index (κ1) is 33.8. The highest BCUT2D eigenvalue weighted by Gasteiger charge is 2.48. The molecule has 3 heterocycles. The summed E-state index contributed by atoms with van der Waals surface area (Å²) in [5.74, 6) is -9.26. The van der Waals surface area contributed by atoms with Crippen LogP contribution in [0.15, 0.2) is 18.5 Å². The molecule has 0 aliphatic carbocycles. The molecule has 11 nitrogen and oxygen atoms in total. The van der Waals surface area contributed by atoms with Crippen LogP contribution < -0.4 is 10.0 Å². The van der Waals surface area contributed by atoms with E-state index in [4.69, 9.17) is 4.74 Å². The predicted molar refractivity (Wildman–Crippen MR) is 147 cm³/mol. The number of rotatable bonds is 12. The van der Waals surface area contributed by atoms with Crippen molar-refractivity contribution in [2.45, 2.75) is 76.6 Å². The van der Waals surface area contributed by atoms with Crippen molar-refractivity contribution in [3.8, 4) is 0 Å². The SMILES string of the molecule is COC[C@H](c1cnn2cc([C@@H](N[S@@+]([O-])C(C)(C)C)C(CC(C)(C)C(C)(F)F)C(=O)O)nc2c1)N1CC(F)(F)CNC1=O. The van der Waals surface area contributed by atoms with E-state index in [9.17, 15) is 36.8 Å². The summed E-state index contributed by atoms with van der Waals surface area (Å²) in [6.07, 6.45) is 2.25. The third-order valence-corrected chi connectivity index (χ3v) is 8.93. The molecular weight excluding hydrogens is 584 g/mol. The average Bonchev–Trinajstić information content (AvgIpc) is 3.27. The van der Waals surface area contributed by atoms with Crippen LogP contribution in [0.1, 0.15) is 71.3 Å². The molecule has 0 bridgehead atoms. The Morgan fingerprint density at radius 2 is 1.93 bits per heavy atom. The summed E-state index contributed by atoms with van der Waals surface area (Å²) < 4.78 is 78.7. The lowest BCUT2D eigenvalue weighted by Gasteiger charge is -2.38. The molecule has 2 aromatic heterocycles. The van der Waals surface area contributed by atoms with E-state index in [2.05, 4.69) is 20.1 Å². The lowest BCUT2D eigenvalue weighted by atomic mass is 9.75. The molecule has 236 valence electrons. The van der Waals surface area contributed by atoms with Gasteiger partial charge in [-0.1, -0.05) is 13.8 Å². The lowest BCUT2D eigenvalue weighted by Crippen LogP contribution is -2.58. The third kappa shape index (κ3) is 7.63. The van der Waals surface area contributed by atoms with Gasteiger partial charge < -0.3 is 24.6 Å². The van der Waals surface area contributed by atoms with Crippen LogP contribution in [-0.4, -0.2) is 84.6 Å². The summed E-state index contributed by atoms with van der Waals surface area (Å²) >= 11 is -1.81. The zero-order valence-corrected chi connectivity index (χ0v) is 25.4. The number of urea groups is 1. The topological polar surface area (TPSA) is 144 Å². The minimum atomic E-state index is -3.22. The van der Waals surface area contributed by atoms with Crippen LogP contribution in [0.3, 0.4) is 0 Å². The number of alkyl halides is 4. The van der Waals surface area contributed by atoms with Gasteiger partial charge in [-0.2, -0.15) is 5.10 Å². The van der Waals surface area contributed by atoms with Crippen LogP contribution in [-0.2, 0) is 20.9 Å². The van der Waals surface area contributed by atoms with Gasteiger partial charge in [-0.25, -0.2) is 31.9 Å². The molecule has 3 rings (SSSR count). The molecule has 0 saturated carbocycles. The molecule has 1 aliphatic heterocycles. The number of nitrogens with zero attached hydrogens (tertiary/aromatic N) is 4. The summed E-state index contributed by atoms with van der Waals surface area (Å²) in [5, 5.41) is 16.6. The number of carboxylic acid groups (broad SMARTS) is 1. The maximum Gasteiger partial charge on any atom is 0.318 e. The van der Waals surface area contributed by atoms with Gasteiger partial charge in [-0.05, 0) is 40.2 Å². The zero-order valence-electron chi connectivity index (χ0n) is 24.6. The number of aromatic nitrogens is 3.